The van der Waals surface area contributed by atoms with Gasteiger partial charge in [-0.25, -0.2) is 0 Å². The summed E-state index contributed by atoms with van der Waals surface area (Å²) in [7, 11) is 0. The summed E-state index contributed by atoms with van der Waals surface area (Å²) in [6.07, 6.45) is 0. The lowest BCUT2D eigenvalue weighted by Crippen LogP contribution is -2.41. The van der Waals surface area contributed by atoms with Crippen LogP contribution in [0.2, 0.25) is 0 Å². The molecule has 1 heteroatoms. The van der Waals surface area contributed by atoms with Gasteiger partial charge in [0.1, 0.15) is 0 Å². The zero-order valence-corrected chi connectivity index (χ0v) is 11.3. The van der Waals surface area contributed by atoms with Crippen molar-refractivity contribution in [1.29, 1.82) is 0 Å². The zero-order chi connectivity index (χ0) is 12.2. The van der Waals surface area contributed by atoms with Gasteiger partial charge in [0.2, 0.25) is 0 Å². The van der Waals surface area contributed by atoms with Crippen LogP contribution in [0.1, 0.15) is 40.2 Å². The third kappa shape index (κ3) is 3.64. The monoisotopic (exact) mass is 219 g/mol. The molecule has 0 aliphatic carbocycles. The third-order valence-electron chi connectivity index (χ3n) is 3.44. The second-order valence-corrected chi connectivity index (χ2v) is 5.59. The molecular formula is C15H25N. The largest absolute Gasteiger partial charge is 0.296 e. The second kappa shape index (κ2) is 5.49. The van der Waals surface area contributed by atoms with Crippen molar-refractivity contribution in [2.45, 2.75) is 47.2 Å². The highest BCUT2D eigenvalue weighted by Crippen LogP contribution is 2.25. The van der Waals surface area contributed by atoms with Gasteiger partial charge in [0.15, 0.2) is 0 Å². The molecule has 1 aromatic rings. The maximum absolute atomic E-state index is 2.54. The van der Waals surface area contributed by atoms with Gasteiger partial charge in [-0.2, -0.15) is 0 Å². The van der Waals surface area contributed by atoms with E-state index in [2.05, 4.69) is 69.9 Å². The molecule has 1 atom stereocenters. The van der Waals surface area contributed by atoms with Crippen molar-refractivity contribution >= 4 is 0 Å². The van der Waals surface area contributed by atoms with Crippen molar-refractivity contribution in [2.75, 3.05) is 6.54 Å². The number of benzene rings is 1. The minimum atomic E-state index is 0.338. The first kappa shape index (κ1) is 13.2. The fourth-order valence-corrected chi connectivity index (χ4v) is 1.89. The smallest absolute Gasteiger partial charge is 0.0236 e. The molecule has 0 saturated heterocycles. The highest BCUT2D eigenvalue weighted by atomic mass is 15.2. The van der Waals surface area contributed by atoms with E-state index >= 15 is 0 Å². The van der Waals surface area contributed by atoms with Crippen molar-refractivity contribution in [1.82, 2.24) is 4.90 Å². The van der Waals surface area contributed by atoms with E-state index in [1.165, 1.54) is 5.56 Å². The quantitative estimate of drug-likeness (QED) is 0.741. The van der Waals surface area contributed by atoms with Gasteiger partial charge in [0, 0.05) is 12.6 Å². The molecule has 0 N–H and O–H groups in total. The highest BCUT2D eigenvalue weighted by molar-refractivity contribution is 5.14. The van der Waals surface area contributed by atoms with E-state index in [0.717, 1.165) is 13.1 Å². The van der Waals surface area contributed by atoms with E-state index in [1.807, 2.05) is 0 Å². The summed E-state index contributed by atoms with van der Waals surface area (Å²) in [5.41, 5.74) is 1.74. The molecule has 0 heterocycles. The topological polar surface area (TPSA) is 3.24 Å². The highest BCUT2D eigenvalue weighted by Gasteiger charge is 2.25. The number of hydrogen-bond donors (Lipinski definition) is 0. The first-order valence-corrected chi connectivity index (χ1v) is 6.23. The minimum absolute atomic E-state index is 0.338. The van der Waals surface area contributed by atoms with Gasteiger partial charge in [-0.3, -0.25) is 4.90 Å². The van der Waals surface area contributed by atoms with Crippen molar-refractivity contribution in [3.8, 4) is 0 Å². The summed E-state index contributed by atoms with van der Waals surface area (Å²) in [6, 6.07) is 11.3. The van der Waals surface area contributed by atoms with E-state index in [0.29, 0.717) is 11.5 Å². The molecule has 0 radical (unpaired) electrons. The molecule has 1 rings (SSSR count). The molecular weight excluding hydrogens is 194 g/mol. The molecule has 0 aliphatic rings. The Morgan fingerprint density at radius 1 is 1.12 bits per heavy atom. The van der Waals surface area contributed by atoms with Crippen LogP contribution in [0.5, 0.6) is 0 Å². The third-order valence-corrected chi connectivity index (χ3v) is 3.44. The van der Waals surface area contributed by atoms with Gasteiger partial charge >= 0.3 is 0 Å². The number of rotatable bonds is 4. The molecule has 0 aliphatic heterocycles. The summed E-state index contributed by atoms with van der Waals surface area (Å²) >= 11 is 0. The van der Waals surface area contributed by atoms with Gasteiger partial charge in [-0.05, 0) is 24.4 Å². The Bertz CT molecular complexity index is 297. The molecule has 0 fully saturated rings. The van der Waals surface area contributed by atoms with Crippen LogP contribution in [0, 0.1) is 5.41 Å². The number of hydrogen-bond acceptors (Lipinski definition) is 1. The molecule has 0 unspecified atom stereocenters. The van der Waals surface area contributed by atoms with Crippen molar-refractivity contribution in [3.63, 3.8) is 0 Å². The van der Waals surface area contributed by atoms with E-state index in [4.69, 9.17) is 0 Å². The molecule has 16 heavy (non-hydrogen) atoms. The lowest BCUT2D eigenvalue weighted by molar-refractivity contribution is 0.111. The predicted octanol–water partition coefficient (Wildman–Crippen LogP) is 3.94. The molecule has 0 aromatic heterocycles. The summed E-state index contributed by atoms with van der Waals surface area (Å²) in [5.74, 6) is 0. The normalized spacial score (nSPS) is 14.1. The van der Waals surface area contributed by atoms with Crippen LogP contribution in [0.15, 0.2) is 30.3 Å². The molecule has 90 valence electrons. The van der Waals surface area contributed by atoms with Crippen molar-refractivity contribution < 1.29 is 0 Å². The molecule has 0 amide bonds. The van der Waals surface area contributed by atoms with Gasteiger partial charge in [-0.1, -0.05) is 58.0 Å². The maximum Gasteiger partial charge on any atom is 0.0236 e. The molecule has 1 aromatic carbocycles. The lowest BCUT2D eigenvalue weighted by atomic mass is 9.86. The van der Waals surface area contributed by atoms with E-state index in [9.17, 15) is 0 Å². The van der Waals surface area contributed by atoms with Crippen LogP contribution >= 0.6 is 0 Å². The fourth-order valence-electron chi connectivity index (χ4n) is 1.89. The van der Waals surface area contributed by atoms with Gasteiger partial charge in [0.05, 0.1) is 0 Å². The van der Waals surface area contributed by atoms with Crippen LogP contribution in [-0.4, -0.2) is 17.5 Å². The van der Waals surface area contributed by atoms with E-state index in [1.54, 1.807) is 0 Å². The zero-order valence-electron chi connectivity index (χ0n) is 11.3. The predicted molar refractivity (Wildman–Crippen MR) is 71.4 cm³/mol. The summed E-state index contributed by atoms with van der Waals surface area (Å²) < 4.78 is 0. The summed E-state index contributed by atoms with van der Waals surface area (Å²) in [5, 5.41) is 0. The fraction of sp³-hybridized carbons (Fsp3) is 0.600. The number of nitrogens with zero attached hydrogens (tertiary/aromatic N) is 1. The standard InChI is InChI=1S/C15H25N/c1-6-16(13(2)15(3,4)5)12-14-10-8-7-9-11-14/h7-11,13H,6,12H2,1-5H3/t13-/m0/s1. The Morgan fingerprint density at radius 3 is 2.12 bits per heavy atom. The Labute approximate surface area is 100 Å². The van der Waals surface area contributed by atoms with E-state index in [-0.39, 0.29) is 0 Å². The molecule has 0 bridgehead atoms. The van der Waals surface area contributed by atoms with Gasteiger partial charge < -0.3 is 0 Å². The van der Waals surface area contributed by atoms with Crippen LogP contribution in [0.3, 0.4) is 0 Å². The average molecular weight is 219 g/mol. The summed E-state index contributed by atoms with van der Waals surface area (Å²) in [6.45, 7) is 13.7. The van der Waals surface area contributed by atoms with Crippen LogP contribution in [0.25, 0.3) is 0 Å². The molecule has 0 saturated carbocycles. The average Bonchev–Trinajstić information content (AvgIpc) is 2.25. The Balaban J connectivity index is 2.70. The first-order chi connectivity index (χ1) is 7.45. The minimum Gasteiger partial charge on any atom is -0.296 e. The summed E-state index contributed by atoms with van der Waals surface area (Å²) in [4.78, 5) is 2.54. The van der Waals surface area contributed by atoms with Crippen LogP contribution in [0.4, 0.5) is 0 Å². The van der Waals surface area contributed by atoms with Gasteiger partial charge in [0.25, 0.3) is 0 Å². The van der Waals surface area contributed by atoms with Crippen molar-refractivity contribution in [3.05, 3.63) is 35.9 Å². The van der Waals surface area contributed by atoms with E-state index < -0.39 is 0 Å². The lowest BCUT2D eigenvalue weighted by Gasteiger charge is -2.37. The van der Waals surface area contributed by atoms with Gasteiger partial charge in [-0.15, -0.1) is 0 Å². The SMILES string of the molecule is CCN(Cc1ccccc1)[C@@H](C)C(C)(C)C. The first-order valence-electron chi connectivity index (χ1n) is 6.23. The Hall–Kier alpha value is -0.820. The Morgan fingerprint density at radius 2 is 1.69 bits per heavy atom. The molecule has 0 spiro atoms. The van der Waals surface area contributed by atoms with Crippen LogP contribution < -0.4 is 0 Å². The molecule has 1 nitrogen and oxygen atoms in total. The Kier molecular flexibility index (Phi) is 4.55. The second-order valence-electron chi connectivity index (χ2n) is 5.59. The van der Waals surface area contributed by atoms with Crippen LogP contribution in [-0.2, 0) is 6.54 Å². The van der Waals surface area contributed by atoms with Crippen molar-refractivity contribution in [2.24, 2.45) is 5.41 Å². The maximum atomic E-state index is 2.54.